The number of hydrogen-bond acceptors (Lipinski definition) is 5. The summed E-state index contributed by atoms with van der Waals surface area (Å²) in [6.45, 7) is 2.03. The topological polar surface area (TPSA) is 69.0 Å². The Balaban J connectivity index is 1.67. The maximum absolute atomic E-state index is 12.6. The number of hydrogen-bond donors (Lipinski definition) is 1. The van der Waals surface area contributed by atoms with Crippen LogP contribution in [0.15, 0.2) is 78.0 Å². The van der Waals surface area contributed by atoms with Crippen LogP contribution in [0.1, 0.15) is 5.56 Å². The number of para-hydroxylation sites is 3. The van der Waals surface area contributed by atoms with Crippen LogP contribution in [0.25, 0.3) is 17.1 Å². The van der Waals surface area contributed by atoms with E-state index in [0.29, 0.717) is 27.4 Å². The molecule has 1 N–H and O–H groups in total. The summed E-state index contributed by atoms with van der Waals surface area (Å²) in [5.41, 5.74) is 3.40. The van der Waals surface area contributed by atoms with Crippen LogP contribution in [0, 0.1) is 6.92 Å². The van der Waals surface area contributed by atoms with Gasteiger partial charge in [0.25, 0.3) is 0 Å². The molecule has 0 fully saturated rings. The minimum absolute atomic E-state index is 0.145. The van der Waals surface area contributed by atoms with E-state index >= 15 is 0 Å². The van der Waals surface area contributed by atoms with E-state index < -0.39 is 0 Å². The van der Waals surface area contributed by atoms with Crippen LogP contribution in [0.5, 0.6) is 5.75 Å². The highest BCUT2D eigenvalue weighted by molar-refractivity contribution is 7.99. The van der Waals surface area contributed by atoms with Crippen molar-refractivity contribution >= 4 is 35.0 Å². The molecular weight excluding hydrogens is 444 g/mol. The molecule has 1 aromatic heterocycles. The first-order chi connectivity index (χ1) is 15.6. The summed E-state index contributed by atoms with van der Waals surface area (Å²) in [4.78, 5) is 12.6. The van der Waals surface area contributed by atoms with Crippen molar-refractivity contribution in [2.75, 3.05) is 18.2 Å². The van der Waals surface area contributed by atoms with Gasteiger partial charge in [0.2, 0.25) is 5.91 Å². The van der Waals surface area contributed by atoms with Crippen molar-refractivity contribution in [3.63, 3.8) is 0 Å². The van der Waals surface area contributed by atoms with Crippen molar-refractivity contribution in [2.45, 2.75) is 12.1 Å². The highest BCUT2D eigenvalue weighted by atomic mass is 35.5. The first kappa shape index (κ1) is 21.9. The van der Waals surface area contributed by atoms with Crippen LogP contribution >= 0.6 is 23.4 Å². The number of aryl methyl sites for hydroxylation is 1. The van der Waals surface area contributed by atoms with Crippen LogP contribution < -0.4 is 10.1 Å². The van der Waals surface area contributed by atoms with E-state index in [2.05, 4.69) is 15.5 Å². The molecule has 0 aliphatic heterocycles. The van der Waals surface area contributed by atoms with E-state index in [4.69, 9.17) is 16.3 Å². The van der Waals surface area contributed by atoms with Gasteiger partial charge in [0, 0.05) is 5.56 Å². The predicted molar refractivity (Wildman–Crippen MR) is 129 cm³/mol. The van der Waals surface area contributed by atoms with Crippen LogP contribution in [0.3, 0.4) is 0 Å². The smallest absolute Gasteiger partial charge is 0.234 e. The summed E-state index contributed by atoms with van der Waals surface area (Å²) in [5.74, 6) is 1.33. The normalized spacial score (nSPS) is 10.7. The molecule has 0 atom stereocenters. The lowest BCUT2D eigenvalue weighted by molar-refractivity contribution is -0.113. The van der Waals surface area contributed by atoms with Crippen molar-refractivity contribution in [1.29, 1.82) is 0 Å². The van der Waals surface area contributed by atoms with Gasteiger partial charge in [-0.05, 0) is 36.8 Å². The second-order valence-electron chi connectivity index (χ2n) is 6.95. The molecule has 0 radical (unpaired) electrons. The minimum atomic E-state index is -0.185. The Labute approximate surface area is 195 Å². The predicted octanol–water partition coefficient (Wildman–Crippen LogP) is 5.64. The van der Waals surface area contributed by atoms with Gasteiger partial charge in [-0.1, -0.05) is 71.9 Å². The van der Waals surface area contributed by atoms with E-state index in [0.717, 1.165) is 16.8 Å². The number of methoxy groups -OCH3 is 1. The van der Waals surface area contributed by atoms with E-state index in [-0.39, 0.29) is 11.7 Å². The van der Waals surface area contributed by atoms with Crippen LogP contribution in [-0.4, -0.2) is 33.5 Å². The van der Waals surface area contributed by atoms with Crippen LogP contribution in [0.4, 0.5) is 5.69 Å². The van der Waals surface area contributed by atoms with E-state index in [9.17, 15) is 4.79 Å². The van der Waals surface area contributed by atoms with Crippen molar-refractivity contribution in [1.82, 2.24) is 14.8 Å². The molecule has 0 spiro atoms. The Kier molecular flexibility index (Phi) is 6.78. The molecule has 6 nitrogen and oxygen atoms in total. The van der Waals surface area contributed by atoms with Gasteiger partial charge in [0.1, 0.15) is 5.75 Å². The number of carbonyl (C=O) groups excluding carboxylic acids is 1. The summed E-state index contributed by atoms with van der Waals surface area (Å²) in [7, 11) is 1.63. The number of benzene rings is 3. The number of thioether (sulfide) groups is 1. The Morgan fingerprint density at radius 2 is 1.75 bits per heavy atom. The SMILES string of the molecule is COc1ccccc1-n1c(SCC(=O)Nc2ccccc2Cl)nnc1-c1ccccc1C. The second-order valence-corrected chi connectivity index (χ2v) is 8.29. The van der Waals surface area contributed by atoms with Crippen LogP contribution in [0.2, 0.25) is 5.02 Å². The van der Waals surface area contributed by atoms with Gasteiger partial charge in [0.15, 0.2) is 11.0 Å². The van der Waals surface area contributed by atoms with Gasteiger partial charge in [-0.25, -0.2) is 0 Å². The zero-order valence-corrected chi connectivity index (χ0v) is 19.2. The number of ether oxygens (including phenoxy) is 1. The van der Waals surface area contributed by atoms with Gasteiger partial charge in [-0.15, -0.1) is 10.2 Å². The summed E-state index contributed by atoms with van der Waals surface area (Å²) < 4.78 is 7.51. The van der Waals surface area contributed by atoms with Crippen molar-refractivity contribution in [3.05, 3.63) is 83.4 Å². The molecule has 1 heterocycles. The number of anilines is 1. The molecule has 32 heavy (non-hydrogen) atoms. The molecule has 3 aromatic carbocycles. The average Bonchev–Trinajstić information content (AvgIpc) is 3.23. The fourth-order valence-electron chi connectivity index (χ4n) is 3.27. The molecular formula is C24H21ClN4O2S. The Hall–Kier alpha value is -3.29. The molecule has 4 rings (SSSR count). The summed E-state index contributed by atoms with van der Waals surface area (Å²) in [6, 6.07) is 22.8. The fourth-order valence-corrected chi connectivity index (χ4v) is 4.20. The number of rotatable bonds is 7. The highest BCUT2D eigenvalue weighted by Crippen LogP contribution is 2.33. The lowest BCUT2D eigenvalue weighted by Crippen LogP contribution is -2.15. The monoisotopic (exact) mass is 464 g/mol. The highest BCUT2D eigenvalue weighted by Gasteiger charge is 2.20. The molecule has 0 aliphatic rings. The maximum atomic E-state index is 12.6. The number of nitrogens with zero attached hydrogens (tertiary/aromatic N) is 3. The minimum Gasteiger partial charge on any atom is -0.495 e. The largest absolute Gasteiger partial charge is 0.495 e. The van der Waals surface area contributed by atoms with Gasteiger partial charge >= 0.3 is 0 Å². The molecule has 0 saturated carbocycles. The number of carbonyl (C=O) groups is 1. The van der Waals surface area contributed by atoms with Gasteiger partial charge < -0.3 is 10.1 Å². The maximum Gasteiger partial charge on any atom is 0.234 e. The molecule has 1 amide bonds. The number of amides is 1. The van der Waals surface area contributed by atoms with Gasteiger partial charge in [-0.3, -0.25) is 9.36 Å². The fraction of sp³-hybridized carbons (Fsp3) is 0.125. The number of halogens is 1. The summed E-state index contributed by atoms with van der Waals surface area (Å²) in [6.07, 6.45) is 0. The summed E-state index contributed by atoms with van der Waals surface area (Å²) >= 11 is 7.44. The third-order valence-corrected chi connectivity index (χ3v) is 6.08. The van der Waals surface area contributed by atoms with Crippen molar-refractivity contribution in [3.8, 4) is 22.8 Å². The standard InChI is InChI=1S/C24H21ClN4O2S/c1-16-9-3-4-10-17(16)23-27-28-24(29(23)20-13-7-8-14-21(20)31-2)32-15-22(30)26-19-12-6-5-11-18(19)25/h3-14H,15H2,1-2H3,(H,26,30). The molecule has 0 bridgehead atoms. The first-order valence-electron chi connectivity index (χ1n) is 9.90. The number of nitrogens with one attached hydrogen (secondary N) is 1. The van der Waals surface area contributed by atoms with E-state index in [1.807, 2.05) is 72.2 Å². The quantitative estimate of drug-likeness (QED) is 0.359. The third kappa shape index (κ3) is 4.64. The average molecular weight is 465 g/mol. The Bertz CT molecular complexity index is 1260. The second kappa shape index (κ2) is 9.89. The zero-order valence-electron chi connectivity index (χ0n) is 17.6. The molecule has 4 aromatic rings. The van der Waals surface area contributed by atoms with Gasteiger partial charge in [-0.2, -0.15) is 0 Å². The van der Waals surface area contributed by atoms with Crippen molar-refractivity contribution < 1.29 is 9.53 Å². The molecule has 8 heteroatoms. The third-order valence-electron chi connectivity index (χ3n) is 4.83. The first-order valence-corrected chi connectivity index (χ1v) is 11.3. The van der Waals surface area contributed by atoms with E-state index in [1.54, 1.807) is 19.2 Å². The molecule has 162 valence electrons. The number of aromatic nitrogens is 3. The zero-order chi connectivity index (χ0) is 22.5. The summed E-state index contributed by atoms with van der Waals surface area (Å²) in [5, 5.41) is 12.8. The molecule has 0 aliphatic carbocycles. The molecule has 0 unspecified atom stereocenters. The molecule has 0 saturated heterocycles. The Morgan fingerprint density at radius 1 is 1.03 bits per heavy atom. The lowest BCUT2D eigenvalue weighted by atomic mass is 10.1. The van der Waals surface area contributed by atoms with E-state index in [1.165, 1.54) is 11.8 Å². The van der Waals surface area contributed by atoms with Crippen molar-refractivity contribution in [2.24, 2.45) is 0 Å². The van der Waals surface area contributed by atoms with Crippen LogP contribution in [-0.2, 0) is 4.79 Å². The van der Waals surface area contributed by atoms with Gasteiger partial charge in [0.05, 0.1) is 29.3 Å². The Morgan fingerprint density at radius 3 is 2.53 bits per heavy atom. The lowest BCUT2D eigenvalue weighted by Gasteiger charge is -2.14.